The van der Waals surface area contributed by atoms with Gasteiger partial charge in [-0.05, 0) is 79.1 Å². The molecule has 0 radical (unpaired) electrons. The Hall–Kier alpha value is -5.03. The molecule has 8 rings (SSSR count). The van der Waals surface area contributed by atoms with Crippen molar-refractivity contribution in [1.29, 1.82) is 0 Å². The Morgan fingerprint density at radius 2 is 1.91 bits per heavy atom. The van der Waals surface area contributed by atoms with Gasteiger partial charge in [0.2, 0.25) is 0 Å². The number of H-pyrrole nitrogens is 1. The largest absolute Gasteiger partial charge is 0.494 e. The SMILES string of the molecule is COc1cc(C(=O)N2C[C@H](N)C[C@@H](F)C2)cc2nc(-c3cc4ccc(-c5ccc6c(=O)[nH]ccc6c5)nc4n3CC3CC3)n(C)c12. The van der Waals surface area contributed by atoms with E-state index in [0.717, 1.165) is 51.3 Å². The Morgan fingerprint density at radius 3 is 2.70 bits per heavy atom. The lowest BCUT2D eigenvalue weighted by Gasteiger charge is -2.33. The van der Waals surface area contributed by atoms with E-state index >= 15 is 0 Å². The highest BCUT2D eigenvalue weighted by Crippen LogP contribution is 2.38. The van der Waals surface area contributed by atoms with Gasteiger partial charge in [-0.3, -0.25) is 9.59 Å². The van der Waals surface area contributed by atoms with Crippen LogP contribution >= 0.6 is 0 Å². The number of alkyl halides is 1. The van der Waals surface area contributed by atoms with Crippen LogP contribution in [0.3, 0.4) is 0 Å². The number of methoxy groups -OCH3 is 1. The van der Waals surface area contributed by atoms with Gasteiger partial charge in [0.15, 0.2) is 5.82 Å². The Morgan fingerprint density at radius 1 is 1.07 bits per heavy atom. The number of rotatable bonds is 6. The molecule has 1 saturated heterocycles. The second kappa shape index (κ2) is 10.8. The standard InChI is InChI=1S/C35H34FN7O3/c1-41-31-28(12-23(14-30(31)46-2)35(45)42-17-24(36)15-25(37)18-42)40-33(41)29-13-22-6-8-27(39-32(22)43(29)16-19-3-4-19)21-5-7-26-20(11-21)9-10-38-34(26)44/h5-14,19,24-25H,3-4,15-18,37H2,1-2H3,(H,38,44)/t24-,25-/m1/s1. The lowest BCUT2D eigenvalue weighted by atomic mass is 10.0. The van der Waals surface area contributed by atoms with Crippen molar-refractivity contribution in [2.45, 2.75) is 38.0 Å². The molecule has 2 aromatic carbocycles. The van der Waals surface area contributed by atoms with Crippen LogP contribution in [0.2, 0.25) is 0 Å². The van der Waals surface area contributed by atoms with E-state index in [1.165, 1.54) is 17.7 Å². The minimum atomic E-state index is -1.15. The molecule has 234 valence electrons. The van der Waals surface area contributed by atoms with Gasteiger partial charge in [-0.1, -0.05) is 6.07 Å². The van der Waals surface area contributed by atoms with E-state index in [-0.39, 0.29) is 24.4 Å². The number of aryl methyl sites for hydroxylation is 1. The van der Waals surface area contributed by atoms with Crippen molar-refractivity contribution in [2.24, 2.45) is 18.7 Å². The van der Waals surface area contributed by atoms with Gasteiger partial charge >= 0.3 is 0 Å². The molecule has 10 nitrogen and oxygen atoms in total. The number of ether oxygens (including phenoxy) is 1. The molecule has 1 saturated carbocycles. The summed E-state index contributed by atoms with van der Waals surface area (Å²) in [4.78, 5) is 40.1. The van der Waals surface area contributed by atoms with E-state index in [1.54, 1.807) is 25.4 Å². The van der Waals surface area contributed by atoms with Crippen molar-refractivity contribution in [3.8, 4) is 28.5 Å². The molecule has 0 spiro atoms. The number of nitrogens with zero attached hydrogens (tertiary/aromatic N) is 5. The molecule has 6 aromatic rings. The number of hydrogen-bond donors (Lipinski definition) is 2. The molecular weight excluding hydrogens is 585 g/mol. The molecule has 2 atom stereocenters. The molecule has 0 unspecified atom stereocenters. The fraction of sp³-hybridized carbons (Fsp3) is 0.314. The maximum atomic E-state index is 14.3. The van der Waals surface area contributed by atoms with Crippen molar-refractivity contribution in [3.63, 3.8) is 0 Å². The van der Waals surface area contributed by atoms with Crippen LogP contribution in [-0.4, -0.2) is 67.3 Å². The summed E-state index contributed by atoms with van der Waals surface area (Å²) in [6.07, 6.45) is 3.10. The van der Waals surface area contributed by atoms with Crippen LogP contribution in [-0.2, 0) is 13.6 Å². The van der Waals surface area contributed by atoms with Crippen molar-refractivity contribution in [3.05, 3.63) is 76.7 Å². The van der Waals surface area contributed by atoms with Gasteiger partial charge < -0.3 is 29.5 Å². The number of halogens is 1. The van der Waals surface area contributed by atoms with Crippen LogP contribution in [0.4, 0.5) is 4.39 Å². The smallest absolute Gasteiger partial charge is 0.255 e. The Labute approximate surface area is 263 Å². The summed E-state index contributed by atoms with van der Waals surface area (Å²) in [6.45, 7) is 1.14. The lowest BCUT2D eigenvalue weighted by molar-refractivity contribution is 0.0606. The molecule has 46 heavy (non-hydrogen) atoms. The summed E-state index contributed by atoms with van der Waals surface area (Å²) < 4.78 is 24.3. The van der Waals surface area contributed by atoms with Crippen LogP contribution in [0.5, 0.6) is 5.75 Å². The zero-order chi connectivity index (χ0) is 31.7. The van der Waals surface area contributed by atoms with Gasteiger partial charge in [0, 0.05) is 54.3 Å². The molecule has 2 aliphatic rings. The molecule has 2 fully saturated rings. The Kier molecular flexibility index (Phi) is 6.68. The number of aromatic amines is 1. The first-order chi connectivity index (χ1) is 22.3. The van der Waals surface area contributed by atoms with Crippen LogP contribution < -0.4 is 16.0 Å². The first-order valence-electron chi connectivity index (χ1n) is 15.6. The van der Waals surface area contributed by atoms with Gasteiger partial charge in [-0.25, -0.2) is 14.4 Å². The topological polar surface area (TPSA) is 124 Å². The van der Waals surface area contributed by atoms with Crippen LogP contribution in [0.1, 0.15) is 29.6 Å². The van der Waals surface area contributed by atoms with Gasteiger partial charge in [-0.15, -0.1) is 0 Å². The minimum absolute atomic E-state index is 0.0219. The molecule has 1 aliphatic heterocycles. The van der Waals surface area contributed by atoms with Gasteiger partial charge in [-0.2, -0.15) is 0 Å². The van der Waals surface area contributed by atoms with Crippen LogP contribution in [0, 0.1) is 5.92 Å². The third-order valence-corrected chi connectivity index (χ3v) is 9.30. The van der Waals surface area contributed by atoms with Crippen LogP contribution in [0.15, 0.2) is 65.6 Å². The average molecular weight is 620 g/mol. The van der Waals surface area contributed by atoms with Crippen LogP contribution in [0.25, 0.3) is 55.6 Å². The second-order valence-corrected chi connectivity index (χ2v) is 12.6. The quantitative estimate of drug-likeness (QED) is 0.270. The van der Waals surface area contributed by atoms with Gasteiger partial charge in [0.25, 0.3) is 11.5 Å². The van der Waals surface area contributed by atoms with E-state index in [9.17, 15) is 14.0 Å². The monoisotopic (exact) mass is 619 g/mol. The second-order valence-electron chi connectivity index (χ2n) is 12.6. The molecule has 1 amide bonds. The predicted octanol–water partition coefficient (Wildman–Crippen LogP) is 5.03. The summed E-state index contributed by atoms with van der Waals surface area (Å²) in [7, 11) is 3.52. The third-order valence-electron chi connectivity index (χ3n) is 9.30. The van der Waals surface area contributed by atoms with E-state index in [4.69, 9.17) is 20.4 Å². The van der Waals surface area contributed by atoms with Gasteiger partial charge in [0.1, 0.15) is 23.1 Å². The van der Waals surface area contributed by atoms with Crippen molar-refractivity contribution in [2.75, 3.05) is 20.2 Å². The molecule has 4 aromatic heterocycles. The molecule has 3 N–H and O–H groups in total. The number of pyridine rings is 2. The summed E-state index contributed by atoms with van der Waals surface area (Å²) in [6, 6.07) is 16.9. The van der Waals surface area contributed by atoms with Gasteiger partial charge in [0.05, 0.1) is 30.6 Å². The van der Waals surface area contributed by atoms with Crippen molar-refractivity contribution >= 4 is 38.7 Å². The zero-order valence-corrected chi connectivity index (χ0v) is 25.7. The normalized spacial score (nSPS) is 18.6. The first-order valence-corrected chi connectivity index (χ1v) is 15.6. The number of fused-ring (bicyclic) bond motifs is 3. The first kappa shape index (κ1) is 28.4. The Balaban J connectivity index is 1.24. The number of nitrogens with two attached hydrogens (primary N) is 1. The number of benzene rings is 2. The highest BCUT2D eigenvalue weighted by atomic mass is 19.1. The highest BCUT2D eigenvalue weighted by molar-refractivity contribution is 6.00. The highest BCUT2D eigenvalue weighted by Gasteiger charge is 2.30. The van der Waals surface area contributed by atoms with E-state index in [0.29, 0.717) is 34.7 Å². The average Bonchev–Trinajstić information content (AvgIpc) is 3.72. The van der Waals surface area contributed by atoms with Crippen molar-refractivity contribution in [1.82, 2.24) is 29.0 Å². The number of amides is 1. The predicted molar refractivity (Wildman–Crippen MR) is 176 cm³/mol. The number of aromatic nitrogens is 5. The molecule has 1 aliphatic carbocycles. The summed E-state index contributed by atoms with van der Waals surface area (Å²) in [5.74, 6) is 1.52. The number of hydrogen-bond acceptors (Lipinski definition) is 6. The summed E-state index contributed by atoms with van der Waals surface area (Å²) in [5, 5.41) is 2.49. The number of imidazole rings is 1. The third kappa shape index (κ3) is 4.82. The zero-order valence-electron chi connectivity index (χ0n) is 25.7. The molecule has 0 bridgehead atoms. The maximum absolute atomic E-state index is 14.3. The minimum Gasteiger partial charge on any atom is -0.494 e. The van der Waals surface area contributed by atoms with E-state index in [2.05, 4.69) is 21.7 Å². The maximum Gasteiger partial charge on any atom is 0.255 e. The fourth-order valence-corrected chi connectivity index (χ4v) is 6.81. The number of likely N-dealkylation sites (tertiary alicyclic amines) is 1. The summed E-state index contributed by atoms with van der Waals surface area (Å²) >= 11 is 0. The number of piperidine rings is 1. The van der Waals surface area contributed by atoms with E-state index in [1.807, 2.05) is 41.9 Å². The Bertz CT molecular complexity index is 2220. The molecule has 11 heteroatoms. The molecular formula is C35H34FN7O3. The van der Waals surface area contributed by atoms with E-state index < -0.39 is 12.2 Å². The molecule has 5 heterocycles. The fourth-order valence-electron chi connectivity index (χ4n) is 6.81. The lowest BCUT2D eigenvalue weighted by Crippen LogP contribution is -2.50. The number of carbonyl (C=O) groups is 1. The number of nitrogens with one attached hydrogen (secondary N) is 1. The summed E-state index contributed by atoms with van der Waals surface area (Å²) in [5.41, 5.74) is 11.2. The number of carbonyl (C=O) groups excluding carboxylic acids is 1. The van der Waals surface area contributed by atoms with Crippen molar-refractivity contribution < 1.29 is 13.9 Å².